The van der Waals surface area contributed by atoms with Crippen molar-refractivity contribution in [1.82, 2.24) is 9.97 Å². The second-order valence-corrected chi connectivity index (χ2v) is 26.2. The SMILES string of the molecule is CC(C)c1ccnc(-c2[c-]cc3oc4c(-c5ccccc5)cc(-c5ccccc5)cc4c3c2)c1.[CH3][Ge]([CH3])([CH3])[c]1ccc(-c2[c-]ccc(-c3ccccc3)c2)nc1.[Ir]. The standard InChI is InChI=1S/C32H24NO.C20H20GeN.Ir/c1-21(2)24-15-16-33-30(20-24)25-13-14-31-28(17-25)29-19-26(22-9-5-3-6-10-22)18-27(32(29)34-31)23-11-7-4-8-12-23;1-21(2,3)19-12-13-20(22-15-19)18-11-7-10-17(14-18)16-8-5-4-6-9-16;/h3-12,14-21H,1-2H3;4-10,12-15H,1-3H3;/q2*-1;. The Bertz CT molecular complexity index is 2740. The van der Waals surface area contributed by atoms with Gasteiger partial charge in [-0.25, -0.2) is 0 Å². The molecule has 0 amide bonds. The summed E-state index contributed by atoms with van der Waals surface area (Å²) in [5, 5.41) is 2.18. The fourth-order valence-corrected chi connectivity index (χ4v) is 9.15. The number of nitrogens with zero attached hydrogens (tertiary/aromatic N) is 2. The Balaban J connectivity index is 0.000000188. The van der Waals surface area contributed by atoms with Crippen LogP contribution in [0.1, 0.15) is 25.3 Å². The van der Waals surface area contributed by atoms with E-state index in [-0.39, 0.29) is 20.1 Å². The summed E-state index contributed by atoms with van der Waals surface area (Å²) in [4.78, 5) is 9.30. The Morgan fingerprint density at radius 2 is 1.21 bits per heavy atom. The number of rotatable bonds is 7. The van der Waals surface area contributed by atoms with E-state index in [0.717, 1.165) is 55.6 Å². The summed E-state index contributed by atoms with van der Waals surface area (Å²) < 4.78 is 7.86. The molecule has 0 bridgehead atoms. The van der Waals surface area contributed by atoms with Gasteiger partial charge in [-0.3, -0.25) is 0 Å². The summed E-state index contributed by atoms with van der Waals surface area (Å²) in [6, 6.07) is 61.5. The Morgan fingerprint density at radius 3 is 1.84 bits per heavy atom. The minimum Gasteiger partial charge on any atom is 0 e. The Hall–Kier alpha value is -5.39. The van der Waals surface area contributed by atoms with Gasteiger partial charge in [-0.15, -0.1) is 23.8 Å². The molecule has 5 heteroatoms. The minimum absolute atomic E-state index is 0. The minimum atomic E-state index is -1.79. The van der Waals surface area contributed by atoms with Gasteiger partial charge in [0.05, 0.1) is 5.58 Å². The van der Waals surface area contributed by atoms with Gasteiger partial charge in [-0.1, -0.05) is 91.5 Å². The molecule has 0 aliphatic heterocycles. The Labute approximate surface area is 352 Å². The monoisotopic (exact) mass is 979 g/mol. The maximum atomic E-state index is 6.43. The molecule has 0 spiro atoms. The van der Waals surface area contributed by atoms with E-state index in [2.05, 4.69) is 187 Å². The molecule has 6 aromatic carbocycles. The third-order valence-electron chi connectivity index (χ3n) is 10.2. The number of benzene rings is 6. The van der Waals surface area contributed by atoms with Crippen LogP contribution in [0.25, 0.3) is 77.8 Å². The molecule has 1 radical (unpaired) electrons. The maximum Gasteiger partial charge on any atom is 0 e. The fraction of sp³-hybridized carbons (Fsp3) is 0.115. The smallest absolute Gasteiger partial charge is 0 e. The van der Waals surface area contributed by atoms with E-state index in [1.807, 2.05) is 36.5 Å². The summed E-state index contributed by atoms with van der Waals surface area (Å²) in [5.41, 5.74) is 14.0. The predicted octanol–water partition coefficient (Wildman–Crippen LogP) is 13.7. The van der Waals surface area contributed by atoms with Crippen LogP contribution in [-0.4, -0.2) is 23.2 Å². The van der Waals surface area contributed by atoms with Gasteiger partial charge in [0.25, 0.3) is 0 Å². The van der Waals surface area contributed by atoms with Crippen LogP contribution in [0, 0.1) is 12.1 Å². The quantitative estimate of drug-likeness (QED) is 0.118. The molecule has 9 rings (SSSR count). The molecule has 3 aromatic heterocycles. The van der Waals surface area contributed by atoms with Gasteiger partial charge in [-0.2, -0.15) is 0 Å². The molecular formula is C52H44GeIrN2O-2. The second kappa shape index (κ2) is 17.4. The molecule has 283 valence electrons. The molecule has 3 nitrogen and oxygen atoms in total. The molecule has 0 N–H and O–H groups in total. The van der Waals surface area contributed by atoms with Crippen molar-refractivity contribution in [3.05, 3.63) is 188 Å². The first-order valence-corrected chi connectivity index (χ1v) is 26.6. The average Bonchev–Trinajstić information content (AvgIpc) is 3.62. The van der Waals surface area contributed by atoms with Crippen molar-refractivity contribution in [2.75, 3.05) is 0 Å². The molecule has 57 heavy (non-hydrogen) atoms. The first-order valence-electron chi connectivity index (χ1n) is 19.2. The number of pyridine rings is 2. The van der Waals surface area contributed by atoms with Gasteiger partial charge in [0.1, 0.15) is 5.58 Å². The molecule has 9 aromatic rings. The van der Waals surface area contributed by atoms with E-state index in [1.54, 1.807) is 0 Å². The summed E-state index contributed by atoms with van der Waals surface area (Å²) in [7, 11) is 0. The first kappa shape index (κ1) is 39.8. The van der Waals surface area contributed by atoms with Gasteiger partial charge in [0.2, 0.25) is 0 Å². The van der Waals surface area contributed by atoms with Gasteiger partial charge in [-0.05, 0) is 46.5 Å². The number of hydrogen-bond donors (Lipinski definition) is 0. The summed E-state index contributed by atoms with van der Waals surface area (Å²) in [6.07, 6.45) is 3.94. The molecule has 0 atom stereocenters. The van der Waals surface area contributed by atoms with Crippen LogP contribution in [0.4, 0.5) is 0 Å². The molecule has 0 aliphatic rings. The molecule has 0 saturated heterocycles. The van der Waals surface area contributed by atoms with Crippen molar-refractivity contribution < 1.29 is 24.5 Å². The normalized spacial score (nSPS) is 11.3. The zero-order valence-electron chi connectivity index (χ0n) is 32.9. The van der Waals surface area contributed by atoms with Crippen LogP contribution in [-0.2, 0) is 20.1 Å². The van der Waals surface area contributed by atoms with Crippen molar-refractivity contribution in [3.8, 4) is 55.9 Å². The van der Waals surface area contributed by atoms with E-state index in [9.17, 15) is 0 Å². The molecule has 0 aliphatic carbocycles. The summed E-state index contributed by atoms with van der Waals surface area (Å²) in [6.45, 7) is 4.40. The third kappa shape index (κ3) is 8.95. The molecule has 0 saturated carbocycles. The van der Waals surface area contributed by atoms with E-state index in [4.69, 9.17) is 4.42 Å². The first-order chi connectivity index (χ1) is 27.2. The zero-order chi connectivity index (χ0) is 38.6. The topological polar surface area (TPSA) is 38.9 Å². The maximum absolute atomic E-state index is 6.43. The molecule has 0 unspecified atom stereocenters. The van der Waals surface area contributed by atoms with Gasteiger partial charge in [0.15, 0.2) is 0 Å². The number of fused-ring (bicyclic) bond motifs is 3. The Morgan fingerprint density at radius 1 is 0.561 bits per heavy atom. The van der Waals surface area contributed by atoms with E-state index in [0.29, 0.717) is 5.92 Å². The molecule has 3 heterocycles. The third-order valence-corrected chi connectivity index (χ3v) is 14.5. The van der Waals surface area contributed by atoms with Crippen molar-refractivity contribution >= 4 is 39.6 Å². The largest absolute Gasteiger partial charge is 0 e. The van der Waals surface area contributed by atoms with Crippen LogP contribution in [0.2, 0.25) is 17.3 Å². The van der Waals surface area contributed by atoms with Crippen LogP contribution in [0.3, 0.4) is 0 Å². The molecular weight excluding hydrogens is 933 g/mol. The van der Waals surface area contributed by atoms with Gasteiger partial charge in [0, 0.05) is 37.3 Å². The fourth-order valence-electron chi connectivity index (χ4n) is 6.97. The van der Waals surface area contributed by atoms with Crippen molar-refractivity contribution in [1.29, 1.82) is 0 Å². The second-order valence-electron chi connectivity index (χ2n) is 15.5. The van der Waals surface area contributed by atoms with Crippen molar-refractivity contribution in [2.45, 2.75) is 37.0 Å². The summed E-state index contributed by atoms with van der Waals surface area (Å²) >= 11 is -1.79. The van der Waals surface area contributed by atoms with Crippen LogP contribution < -0.4 is 4.40 Å². The van der Waals surface area contributed by atoms with E-state index >= 15 is 0 Å². The van der Waals surface area contributed by atoms with Crippen LogP contribution >= 0.6 is 0 Å². The van der Waals surface area contributed by atoms with E-state index in [1.165, 1.54) is 32.2 Å². The number of hydrogen-bond acceptors (Lipinski definition) is 3. The van der Waals surface area contributed by atoms with E-state index < -0.39 is 13.3 Å². The average molecular weight is 978 g/mol. The number of furan rings is 1. The number of aromatic nitrogens is 2. The van der Waals surface area contributed by atoms with Crippen LogP contribution in [0.15, 0.2) is 175 Å². The molecule has 0 fully saturated rings. The van der Waals surface area contributed by atoms with Crippen LogP contribution in [0.5, 0.6) is 0 Å². The Kier molecular flexibility index (Phi) is 12.2. The predicted molar refractivity (Wildman–Crippen MR) is 238 cm³/mol. The zero-order valence-corrected chi connectivity index (χ0v) is 37.4. The van der Waals surface area contributed by atoms with Gasteiger partial charge < -0.3 is 9.40 Å². The summed E-state index contributed by atoms with van der Waals surface area (Å²) in [5.74, 6) is 7.61. The van der Waals surface area contributed by atoms with Gasteiger partial charge >= 0.3 is 135 Å². The van der Waals surface area contributed by atoms with Crippen molar-refractivity contribution in [2.24, 2.45) is 0 Å². The van der Waals surface area contributed by atoms with Crippen molar-refractivity contribution in [3.63, 3.8) is 0 Å².